The van der Waals surface area contributed by atoms with E-state index in [4.69, 9.17) is 0 Å². The molecular formula is C14H10FN3O2. The number of aryl methyl sites for hydroxylation is 1. The number of para-hydroxylation sites is 1. The average molecular weight is 271 g/mol. The van der Waals surface area contributed by atoms with Crippen LogP contribution in [0.1, 0.15) is 10.4 Å². The maximum atomic E-state index is 13.3. The molecule has 0 aliphatic rings. The maximum absolute atomic E-state index is 13.3. The van der Waals surface area contributed by atoms with Crippen molar-refractivity contribution in [2.75, 3.05) is 0 Å². The largest absolute Gasteiger partial charge is 0.478 e. The number of hydrogen-bond donors (Lipinski definition) is 1. The van der Waals surface area contributed by atoms with Crippen molar-refractivity contribution in [2.45, 2.75) is 0 Å². The number of imidazole rings is 1. The summed E-state index contributed by atoms with van der Waals surface area (Å²) in [7, 11) is 1.70. The highest BCUT2D eigenvalue weighted by Gasteiger charge is 2.16. The van der Waals surface area contributed by atoms with Crippen LogP contribution in [0.15, 0.2) is 36.7 Å². The third kappa shape index (κ3) is 1.82. The van der Waals surface area contributed by atoms with E-state index in [0.717, 1.165) is 6.20 Å². The Morgan fingerprint density at radius 1 is 1.35 bits per heavy atom. The fraction of sp³-hybridized carbons (Fsp3) is 0.0714. The van der Waals surface area contributed by atoms with Crippen molar-refractivity contribution < 1.29 is 14.3 Å². The summed E-state index contributed by atoms with van der Waals surface area (Å²) < 4.78 is 14.9. The molecule has 0 saturated heterocycles. The molecule has 100 valence electrons. The number of fused-ring (bicyclic) bond motifs is 1. The van der Waals surface area contributed by atoms with Crippen molar-refractivity contribution in [3.8, 4) is 11.4 Å². The Morgan fingerprint density at radius 3 is 2.85 bits per heavy atom. The molecule has 3 aromatic rings. The zero-order valence-corrected chi connectivity index (χ0v) is 10.5. The smallest absolute Gasteiger partial charge is 0.337 e. The number of hydrogen-bond acceptors (Lipinski definition) is 3. The topological polar surface area (TPSA) is 68.0 Å². The molecule has 2 heterocycles. The van der Waals surface area contributed by atoms with Gasteiger partial charge in [0.2, 0.25) is 0 Å². The van der Waals surface area contributed by atoms with Gasteiger partial charge >= 0.3 is 5.97 Å². The summed E-state index contributed by atoms with van der Waals surface area (Å²) in [5.41, 5.74) is 1.71. The zero-order valence-electron chi connectivity index (χ0n) is 10.5. The molecule has 3 rings (SSSR count). The number of rotatable bonds is 2. The lowest BCUT2D eigenvalue weighted by molar-refractivity contribution is 0.0698. The van der Waals surface area contributed by atoms with Crippen molar-refractivity contribution in [1.29, 1.82) is 0 Å². The summed E-state index contributed by atoms with van der Waals surface area (Å²) >= 11 is 0. The first-order valence-corrected chi connectivity index (χ1v) is 5.87. The second kappa shape index (κ2) is 4.41. The fourth-order valence-electron chi connectivity index (χ4n) is 2.23. The molecule has 0 radical (unpaired) electrons. The molecule has 2 aromatic heterocycles. The van der Waals surface area contributed by atoms with E-state index in [2.05, 4.69) is 9.97 Å². The van der Waals surface area contributed by atoms with Gasteiger partial charge in [-0.2, -0.15) is 0 Å². The third-order valence-corrected chi connectivity index (χ3v) is 3.09. The van der Waals surface area contributed by atoms with Crippen LogP contribution in [-0.2, 0) is 7.05 Å². The number of carboxylic acids is 1. The first kappa shape index (κ1) is 12.3. The van der Waals surface area contributed by atoms with Crippen LogP contribution >= 0.6 is 0 Å². The van der Waals surface area contributed by atoms with Crippen molar-refractivity contribution in [3.63, 3.8) is 0 Å². The van der Waals surface area contributed by atoms with Crippen LogP contribution in [0.5, 0.6) is 0 Å². The molecule has 1 N–H and O–H groups in total. The summed E-state index contributed by atoms with van der Waals surface area (Å²) in [6.07, 6.45) is 2.60. The molecule has 0 unspecified atom stereocenters. The van der Waals surface area contributed by atoms with Crippen LogP contribution in [-0.4, -0.2) is 25.6 Å². The van der Waals surface area contributed by atoms with E-state index in [9.17, 15) is 14.3 Å². The Hall–Kier alpha value is -2.76. The minimum Gasteiger partial charge on any atom is -0.478 e. The Balaban J connectivity index is 2.32. The number of nitrogens with zero attached hydrogens (tertiary/aromatic N) is 3. The normalized spacial score (nSPS) is 10.9. The second-order valence-corrected chi connectivity index (χ2v) is 4.36. The number of halogens is 1. The van der Waals surface area contributed by atoms with Crippen molar-refractivity contribution in [1.82, 2.24) is 14.5 Å². The summed E-state index contributed by atoms with van der Waals surface area (Å²) in [4.78, 5) is 19.4. The highest BCUT2D eigenvalue weighted by Crippen LogP contribution is 2.25. The lowest BCUT2D eigenvalue weighted by atomic mass is 10.2. The van der Waals surface area contributed by atoms with Crippen molar-refractivity contribution >= 4 is 17.0 Å². The molecule has 6 heteroatoms. The number of pyridine rings is 1. The number of carboxylic acid groups (broad SMARTS) is 1. The molecule has 0 spiro atoms. The Kier molecular flexibility index (Phi) is 2.71. The fourth-order valence-corrected chi connectivity index (χ4v) is 2.23. The lowest BCUT2D eigenvalue weighted by Gasteiger charge is -2.03. The molecule has 0 amide bonds. The first-order valence-electron chi connectivity index (χ1n) is 5.87. The van der Waals surface area contributed by atoms with Crippen molar-refractivity contribution in [3.05, 3.63) is 48.0 Å². The number of carbonyl (C=O) groups is 1. The quantitative estimate of drug-likeness (QED) is 0.777. The van der Waals surface area contributed by atoms with E-state index >= 15 is 0 Å². The van der Waals surface area contributed by atoms with E-state index in [0.29, 0.717) is 22.4 Å². The standard InChI is InChI=1S/C14H10FN3O2/c1-18-12-10(14(19)20)3-2-4-11(12)17-13(18)8-5-9(15)7-16-6-8/h2-7H,1H3,(H,19,20). The SMILES string of the molecule is Cn1c(-c2cncc(F)c2)nc2cccc(C(=O)O)c21. The minimum absolute atomic E-state index is 0.160. The van der Waals surface area contributed by atoms with Gasteiger partial charge in [0, 0.05) is 18.8 Å². The van der Waals surface area contributed by atoms with Crippen molar-refractivity contribution in [2.24, 2.45) is 7.05 Å². The summed E-state index contributed by atoms with van der Waals surface area (Å²) in [5, 5.41) is 9.22. The first-order chi connectivity index (χ1) is 9.58. The molecule has 0 atom stereocenters. The van der Waals surface area contributed by atoms with Gasteiger partial charge in [-0.15, -0.1) is 0 Å². The van der Waals surface area contributed by atoms with Gasteiger partial charge < -0.3 is 9.67 Å². The Labute approximate surface area is 113 Å². The van der Waals surface area contributed by atoms with E-state index in [-0.39, 0.29) is 5.56 Å². The van der Waals surface area contributed by atoms with Gasteiger partial charge in [0.15, 0.2) is 0 Å². The van der Waals surface area contributed by atoms with Gasteiger partial charge in [-0.3, -0.25) is 4.98 Å². The molecule has 5 nitrogen and oxygen atoms in total. The monoisotopic (exact) mass is 271 g/mol. The van der Waals surface area contributed by atoms with Crippen LogP contribution in [0.3, 0.4) is 0 Å². The maximum Gasteiger partial charge on any atom is 0.337 e. The van der Waals surface area contributed by atoms with Gasteiger partial charge in [0.05, 0.1) is 22.8 Å². The van der Waals surface area contributed by atoms with Crippen LogP contribution in [0.2, 0.25) is 0 Å². The molecule has 0 saturated carbocycles. The van der Waals surface area contributed by atoms with Gasteiger partial charge in [0.25, 0.3) is 0 Å². The van der Waals surface area contributed by atoms with E-state index < -0.39 is 11.8 Å². The molecule has 0 fully saturated rings. The second-order valence-electron chi connectivity index (χ2n) is 4.36. The number of aromatic carboxylic acids is 1. The van der Waals surface area contributed by atoms with Gasteiger partial charge in [-0.05, 0) is 18.2 Å². The van der Waals surface area contributed by atoms with Crippen LogP contribution < -0.4 is 0 Å². The molecule has 0 aliphatic carbocycles. The molecule has 20 heavy (non-hydrogen) atoms. The number of benzene rings is 1. The summed E-state index contributed by atoms with van der Waals surface area (Å²) in [5.74, 6) is -1.02. The summed E-state index contributed by atoms with van der Waals surface area (Å²) in [6, 6.07) is 6.18. The zero-order chi connectivity index (χ0) is 14.3. The Bertz CT molecular complexity index is 826. The number of aromatic nitrogens is 3. The van der Waals surface area contributed by atoms with Crippen LogP contribution in [0, 0.1) is 5.82 Å². The predicted octanol–water partition coefficient (Wildman–Crippen LogP) is 2.47. The van der Waals surface area contributed by atoms with Crippen LogP contribution in [0.25, 0.3) is 22.4 Å². The van der Waals surface area contributed by atoms with Gasteiger partial charge in [0.1, 0.15) is 11.6 Å². The van der Waals surface area contributed by atoms with Gasteiger partial charge in [-0.1, -0.05) is 6.07 Å². The van der Waals surface area contributed by atoms with Gasteiger partial charge in [-0.25, -0.2) is 14.2 Å². The molecule has 0 aliphatic heterocycles. The Morgan fingerprint density at radius 2 is 2.15 bits per heavy atom. The van der Waals surface area contributed by atoms with Crippen LogP contribution in [0.4, 0.5) is 4.39 Å². The summed E-state index contributed by atoms with van der Waals surface area (Å²) in [6.45, 7) is 0. The minimum atomic E-state index is -1.03. The molecule has 0 bridgehead atoms. The molecule has 1 aromatic carbocycles. The van der Waals surface area contributed by atoms with E-state index in [1.165, 1.54) is 18.3 Å². The molecular weight excluding hydrogens is 261 g/mol. The predicted molar refractivity (Wildman–Crippen MR) is 70.9 cm³/mol. The highest BCUT2D eigenvalue weighted by atomic mass is 19.1. The average Bonchev–Trinajstić information content (AvgIpc) is 2.76. The lowest BCUT2D eigenvalue weighted by Crippen LogP contribution is -2.01. The van der Waals surface area contributed by atoms with E-state index in [1.54, 1.807) is 23.7 Å². The highest BCUT2D eigenvalue weighted by molar-refractivity contribution is 6.02. The van der Waals surface area contributed by atoms with E-state index in [1.807, 2.05) is 0 Å². The third-order valence-electron chi connectivity index (χ3n) is 3.09.